The van der Waals surface area contributed by atoms with Crippen LogP contribution in [0.5, 0.6) is 5.75 Å². The molecule has 1 unspecified atom stereocenters. The largest absolute Gasteiger partial charge is 0.494 e. The highest BCUT2D eigenvalue weighted by Crippen LogP contribution is 2.30. The average Bonchev–Trinajstić information content (AvgIpc) is 2.82. The summed E-state index contributed by atoms with van der Waals surface area (Å²) in [7, 11) is 2.05. The molecular formula is C18H30N2O. The lowest BCUT2D eigenvalue weighted by atomic mass is 10.00. The minimum absolute atomic E-state index is 0.333. The van der Waals surface area contributed by atoms with Gasteiger partial charge in [0, 0.05) is 18.1 Å². The first kappa shape index (κ1) is 16.3. The molecule has 1 heterocycles. The zero-order valence-corrected chi connectivity index (χ0v) is 14.0. The maximum Gasteiger partial charge on any atom is 0.119 e. The smallest absolute Gasteiger partial charge is 0.119 e. The van der Waals surface area contributed by atoms with E-state index in [4.69, 9.17) is 4.74 Å². The van der Waals surface area contributed by atoms with Crippen LogP contribution in [0.3, 0.4) is 0 Å². The maximum atomic E-state index is 5.66. The Morgan fingerprint density at radius 2 is 2.00 bits per heavy atom. The minimum atomic E-state index is 0.333. The van der Waals surface area contributed by atoms with Gasteiger partial charge in [-0.3, -0.25) is 4.90 Å². The molecule has 21 heavy (non-hydrogen) atoms. The molecule has 118 valence electrons. The third kappa shape index (κ3) is 4.21. The normalized spacial score (nSPS) is 19.6. The lowest BCUT2D eigenvalue weighted by Crippen LogP contribution is -2.42. The molecule has 0 aromatic heterocycles. The Hall–Kier alpha value is -1.06. The number of likely N-dealkylation sites (N-methyl/N-ethyl adjacent to an activating group) is 1. The van der Waals surface area contributed by atoms with Crippen LogP contribution in [0.2, 0.25) is 0 Å². The highest BCUT2D eigenvalue weighted by molar-refractivity contribution is 5.29. The zero-order valence-electron chi connectivity index (χ0n) is 14.0. The van der Waals surface area contributed by atoms with Gasteiger partial charge in [-0.15, -0.1) is 0 Å². The second kappa shape index (κ2) is 7.28. The predicted molar refractivity (Wildman–Crippen MR) is 88.9 cm³/mol. The van der Waals surface area contributed by atoms with Crippen LogP contribution in [0.4, 0.5) is 0 Å². The number of nitrogens with zero attached hydrogens (tertiary/aromatic N) is 1. The standard InChI is InChI=1S/C18H30N2O/c1-5-13-21-16-9-7-15(8-10-16)17(19-4)14-20-12-6-11-18(20,2)3/h7-10,17,19H,5-6,11-14H2,1-4H3. The molecular weight excluding hydrogens is 260 g/mol. The fraction of sp³-hybridized carbons (Fsp3) is 0.667. The minimum Gasteiger partial charge on any atom is -0.494 e. The lowest BCUT2D eigenvalue weighted by Gasteiger charge is -2.34. The van der Waals surface area contributed by atoms with Crippen molar-refractivity contribution in [2.24, 2.45) is 0 Å². The van der Waals surface area contributed by atoms with Gasteiger partial charge in [-0.05, 0) is 64.4 Å². The van der Waals surface area contributed by atoms with Crippen molar-refractivity contribution in [2.45, 2.75) is 51.6 Å². The Morgan fingerprint density at radius 3 is 2.52 bits per heavy atom. The van der Waals surface area contributed by atoms with Gasteiger partial charge in [0.25, 0.3) is 0 Å². The summed E-state index contributed by atoms with van der Waals surface area (Å²) >= 11 is 0. The van der Waals surface area contributed by atoms with Crippen LogP contribution in [-0.2, 0) is 0 Å². The van der Waals surface area contributed by atoms with Crippen LogP contribution in [-0.4, -0.2) is 37.2 Å². The summed E-state index contributed by atoms with van der Waals surface area (Å²) in [4.78, 5) is 2.61. The van der Waals surface area contributed by atoms with Crippen LogP contribution in [0.1, 0.15) is 51.6 Å². The molecule has 2 rings (SSSR count). The molecule has 1 aliphatic rings. The molecule has 1 atom stereocenters. The Morgan fingerprint density at radius 1 is 1.29 bits per heavy atom. The van der Waals surface area contributed by atoms with E-state index in [0.29, 0.717) is 11.6 Å². The van der Waals surface area contributed by atoms with E-state index in [1.165, 1.54) is 24.9 Å². The van der Waals surface area contributed by atoms with Crippen molar-refractivity contribution in [2.75, 3.05) is 26.7 Å². The van der Waals surface area contributed by atoms with E-state index in [0.717, 1.165) is 25.3 Å². The van der Waals surface area contributed by atoms with Crippen LogP contribution in [0.15, 0.2) is 24.3 Å². The van der Waals surface area contributed by atoms with Crippen molar-refractivity contribution < 1.29 is 4.74 Å². The van der Waals surface area contributed by atoms with E-state index < -0.39 is 0 Å². The molecule has 1 N–H and O–H groups in total. The summed E-state index contributed by atoms with van der Waals surface area (Å²) in [5.74, 6) is 0.969. The van der Waals surface area contributed by atoms with E-state index in [-0.39, 0.29) is 0 Å². The second-order valence-corrected chi connectivity index (χ2v) is 6.62. The molecule has 1 fully saturated rings. The van der Waals surface area contributed by atoms with Gasteiger partial charge in [-0.25, -0.2) is 0 Å². The number of hydrogen-bond donors (Lipinski definition) is 1. The van der Waals surface area contributed by atoms with Crippen LogP contribution < -0.4 is 10.1 Å². The van der Waals surface area contributed by atoms with Gasteiger partial charge in [0.1, 0.15) is 5.75 Å². The van der Waals surface area contributed by atoms with Gasteiger partial charge in [0.05, 0.1) is 6.61 Å². The summed E-state index contributed by atoms with van der Waals surface area (Å²) in [6, 6.07) is 8.93. The summed E-state index contributed by atoms with van der Waals surface area (Å²) < 4.78 is 5.66. The molecule has 3 nitrogen and oxygen atoms in total. The van der Waals surface area contributed by atoms with E-state index in [1.807, 2.05) is 0 Å². The number of hydrogen-bond acceptors (Lipinski definition) is 3. The summed E-state index contributed by atoms with van der Waals surface area (Å²) in [6.45, 7) is 9.91. The molecule has 0 radical (unpaired) electrons. The number of nitrogens with one attached hydrogen (secondary N) is 1. The van der Waals surface area contributed by atoms with Crippen molar-refractivity contribution in [3.05, 3.63) is 29.8 Å². The quantitative estimate of drug-likeness (QED) is 0.830. The van der Waals surface area contributed by atoms with E-state index in [2.05, 4.69) is 62.3 Å². The Kier molecular flexibility index (Phi) is 5.65. The Labute approximate surface area is 129 Å². The fourth-order valence-corrected chi connectivity index (χ4v) is 3.10. The van der Waals surface area contributed by atoms with Gasteiger partial charge in [0.15, 0.2) is 0 Å². The molecule has 0 saturated carbocycles. The van der Waals surface area contributed by atoms with Gasteiger partial charge >= 0.3 is 0 Å². The third-order valence-electron chi connectivity index (χ3n) is 4.58. The summed E-state index contributed by atoms with van der Waals surface area (Å²) in [5.41, 5.74) is 1.67. The van der Waals surface area contributed by atoms with Crippen molar-refractivity contribution in [1.29, 1.82) is 0 Å². The van der Waals surface area contributed by atoms with Crippen molar-refractivity contribution in [3.8, 4) is 5.75 Å². The maximum absolute atomic E-state index is 5.66. The van der Waals surface area contributed by atoms with Crippen molar-refractivity contribution >= 4 is 0 Å². The monoisotopic (exact) mass is 290 g/mol. The Bertz CT molecular complexity index is 427. The first-order chi connectivity index (χ1) is 10.1. The highest BCUT2D eigenvalue weighted by atomic mass is 16.5. The van der Waals surface area contributed by atoms with Crippen LogP contribution in [0, 0.1) is 0 Å². The van der Waals surface area contributed by atoms with Gasteiger partial charge in [-0.2, -0.15) is 0 Å². The van der Waals surface area contributed by atoms with Crippen LogP contribution in [0.25, 0.3) is 0 Å². The average molecular weight is 290 g/mol. The highest BCUT2D eigenvalue weighted by Gasteiger charge is 2.33. The number of benzene rings is 1. The molecule has 0 aliphatic carbocycles. The first-order valence-corrected chi connectivity index (χ1v) is 8.22. The van der Waals surface area contributed by atoms with E-state index in [9.17, 15) is 0 Å². The topological polar surface area (TPSA) is 24.5 Å². The molecule has 1 aromatic rings. The number of likely N-dealkylation sites (tertiary alicyclic amines) is 1. The molecule has 1 aromatic carbocycles. The van der Waals surface area contributed by atoms with Gasteiger partial charge in [0.2, 0.25) is 0 Å². The Balaban J connectivity index is 2.00. The van der Waals surface area contributed by atoms with Gasteiger partial charge in [-0.1, -0.05) is 19.1 Å². The molecule has 3 heteroatoms. The summed E-state index contributed by atoms with van der Waals surface area (Å²) in [6.07, 6.45) is 3.66. The van der Waals surface area contributed by atoms with Crippen molar-refractivity contribution in [3.63, 3.8) is 0 Å². The predicted octanol–water partition coefficient (Wildman–Crippen LogP) is 3.61. The SMILES string of the molecule is CCCOc1ccc(C(CN2CCCC2(C)C)NC)cc1. The third-order valence-corrected chi connectivity index (χ3v) is 4.58. The molecule has 0 spiro atoms. The molecule has 0 bridgehead atoms. The number of ether oxygens (including phenoxy) is 1. The van der Waals surface area contributed by atoms with E-state index >= 15 is 0 Å². The fourth-order valence-electron chi connectivity index (χ4n) is 3.10. The van der Waals surface area contributed by atoms with Crippen LogP contribution >= 0.6 is 0 Å². The number of rotatable bonds is 7. The van der Waals surface area contributed by atoms with E-state index in [1.54, 1.807) is 0 Å². The molecule has 0 amide bonds. The molecule has 1 aliphatic heterocycles. The second-order valence-electron chi connectivity index (χ2n) is 6.62. The van der Waals surface area contributed by atoms with Crippen molar-refractivity contribution in [1.82, 2.24) is 10.2 Å². The first-order valence-electron chi connectivity index (χ1n) is 8.22. The van der Waals surface area contributed by atoms with Gasteiger partial charge < -0.3 is 10.1 Å². The molecule has 1 saturated heterocycles. The summed E-state index contributed by atoms with van der Waals surface area (Å²) in [5, 5.41) is 3.46. The lowest BCUT2D eigenvalue weighted by molar-refractivity contribution is 0.158. The zero-order chi connectivity index (χ0) is 15.3.